The molecule has 0 fully saturated rings. The van der Waals surface area contributed by atoms with Gasteiger partial charge < -0.3 is 14.2 Å². The Labute approximate surface area is 208 Å². The molecule has 8 nitrogen and oxygen atoms in total. The van der Waals surface area contributed by atoms with Gasteiger partial charge in [-0.25, -0.2) is 9.79 Å². The molecule has 10 heteroatoms. The summed E-state index contributed by atoms with van der Waals surface area (Å²) in [6.07, 6.45) is 5.03. The Morgan fingerprint density at radius 3 is 2.68 bits per heavy atom. The molecular weight excluding hydrogens is 522 g/mol. The Bertz CT molecular complexity index is 1460. The van der Waals surface area contributed by atoms with Crippen LogP contribution in [0.25, 0.3) is 6.08 Å². The van der Waals surface area contributed by atoms with E-state index in [4.69, 9.17) is 14.2 Å². The number of hydrogen-bond donors (Lipinski definition) is 0. The zero-order valence-electron chi connectivity index (χ0n) is 19.0. The molecule has 2 aromatic heterocycles. The molecule has 0 N–H and O–H groups in total. The standard InChI is InChI=1S/C24H22BrN3O5S/c1-5-33-23(30)20-13(2)27-24-28(21(20)14-7-6-8-26-12-14)22(29)19(34-24)10-15-9-16(25)18(32-4)11-17(15)31-3/h6-12,21H,5H2,1-4H3/b19-10+. The van der Waals surface area contributed by atoms with E-state index in [0.29, 0.717) is 43.2 Å². The van der Waals surface area contributed by atoms with Crippen molar-refractivity contribution in [3.8, 4) is 11.5 Å². The van der Waals surface area contributed by atoms with Crippen molar-refractivity contribution in [3.05, 3.63) is 83.2 Å². The molecule has 1 atom stereocenters. The summed E-state index contributed by atoms with van der Waals surface area (Å²) < 4.78 is 18.8. The fourth-order valence-electron chi connectivity index (χ4n) is 3.78. The number of thiazole rings is 1. The van der Waals surface area contributed by atoms with Crippen LogP contribution in [0.15, 0.2) is 62.2 Å². The number of halogens is 1. The number of hydrogen-bond acceptors (Lipinski definition) is 8. The number of methoxy groups -OCH3 is 2. The number of carbonyl (C=O) groups excluding carboxylic acids is 1. The highest BCUT2D eigenvalue weighted by Crippen LogP contribution is 2.33. The van der Waals surface area contributed by atoms with E-state index < -0.39 is 12.0 Å². The van der Waals surface area contributed by atoms with Crippen LogP contribution in [0.5, 0.6) is 11.5 Å². The van der Waals surface area contributed by atoms with Gasteiger partial charge in [-0.3, -0.25) is 14.3 Å². The molecule has 1 aliphatic heterocycles. The van der Waals surface area contributed by atoms with Gasteiger partial charge in [0.2, 0.25) is 0 Å². The smallest absolute Gasteiger partial charge is 0.338 e. The lowest BCUT2D eigenvalue weighted by Gasteiger charge is -2.24. The number of ether oxygens (including phenoxy) is 3. The van der Waals surface area contributed by atoms with E-state index in [1.54, 1.807) is 58.7 Å². The highest BCUT2D eigenvalue weighted by molar-refractivity contribution is 9.10. The summed E-state index contributed by atoms with van der Waals surface area (Å²) in [7, 11) is 3.12. The normalized spacial score (nSPS) is 15.6. The first-order chi connectivity index (χ1) is 16.4. The number of carbonyl (C=O) groups is 1. The maximum absolute atomic E-state index is 13.7. The molecule has 1 unspecified atom stereocenters. The van der Waals surface area contributed by atoms with Crippen molar-refractivity contribution in [2.75, 3.05) is 20.8 Å². The lowest BCUT2D eigenvalue weighted by molar-refractivity contribution is -0.139. The predicted octanol–water partition coefficient (Wildman–Crippen LogP) is 2.97. The van der Waals surface area contributed by atoms with Crippen molar-refractivity contribution in [1.29, 1.82) is 0 Å². The number of benzene rings is 1. The lowest BCUT2D eigenvalue weighted by atomic mass is 9.97. The van der Waals surface area contributed by atoms with E-state index in [2.05, 4.69) is 25.9 Å². The molecule has 176 valence electrons. The molecule has 3 aromatic rings. The zero-order valence-corrected chi connectivity index (χ0v) is 21.4. The van der Waals surface area contributed by atoms with Crippen LogP contribution in [0.2, 0.25) is 0 Å². The zero-order chi connectivity index (χ0) is 24.4. The minimum absolute atomic E-state index is 0.214. The van der Waals surface area contributed by atoms with Crippen LogP contribution in [0.3, 0.4) is 0 Å². The molecule has 1 aliphatic rings. The average molecular weight is 544 g/mol. The Hall–Kier alpha value is -3.24. The Morgan fingerprint density at radius 2 is 2.03 bits per heavy atom. The van der Waals surface area contributed by atoms with Gasteiger partial charge >= 0.3 is 5.97 Å². The van der Waals surface area contributed by atoms with Crippen LogP contribution in [-0.2, 0) is 9.53 Å². The maximum atomic E-state index is 13.7. The molecule has 3 heterocycles. The summed E-state index contributed by atoms with van der Waals surface area (Å²) in [5.74, 6) is 0.660. The highest BCUT2D eigenvalue weighted by Gasteiger charge is 2.33. The Kier molecular flexibility index (Phi) is 6.99. The van der Waals surface area contributed by atoms with E-state index >= 15 is 0 Å². The van der Waals surface area contributed by atoms with Gasteiger partial charge in [0.25, 0.3) is 5.56 Å². The van der Waals surface area contributed by atoms with Crippen LogP contribution in [0.4, 0.5) is 0 Å². The number of aromatic nitrogens is 2. The topological polar surface area (TPSA) is 92.0 Å². The summed E-state index contributed by atoms with van der Waals surface area (Å²) in [6, 6.07) is 6.47. The molecule has 34 heavy (non-hydrogen) atoms. The summed E-state index contributed by atoms with van der Waals surface area (Å²) in [5.41, 5.74) is 1.93. The SMILES string of the molecule is CCOC(=O)C1=C(C)N=c2s/c(=C/c3cc(Br)c(OC)cc3OC)c(=O)n2C1c1cccnc1. The van der Waals surface area contributed by atoms with E-state index in [-0.39, 0.29) is 12.2 Å². The maximum Gasteiger partial charge on any atom is 0.338 e. The molecule has 0 bridgehead atoms. The first-order valence-electron chi connectivity index (χ1n) is 10.4. The number of rotatable bonds is 6. The third-order valence-corrected chi connectivity index (χ3v) is 6.91. The van der Waals surface area contributed by atoms with Gasteiger partial charge in [-0.2, -0.15) is 0 Å². The number of esters is 1. The molecular formula is C24H22BrN3O5S. The van der Waals surface area contributed by atoms with Crippen LogP contribution in [0, 0.1) is 0 Å². The quantitative estimate of drug-likeness (QED) is 0.444. The average Bonchev–Trinajstić information content (AvgIpc) is 3.13. The highest BCUT2D eigenvalue weighted by atomic mass is 79.9. The minimum Gasteiger partial charge on any atom is -0.496 e. The van der Waals surface area contributed by atoms with Gasteiger partial charge in [-0.15, -0.1) is 0 Å². The van der Waals surface area contributed by atoms with E-state index in [0.717, 1.165) is 4.47 Å². The molecule has 1 aromatic carbocycles. The molecule has 4 rings (SSSR count). The first kappa shape index (κ1) is 23.9. The summed E-state index contributed by atoms with van der Waals surface area (Å²) in [4.78, 5) is 35.8. The number of nitrogens with zero attached hydrogens (tertiary/aromatic N) is 3. The van der Waals surface area contributed by atoms with Crippen molar-refractivity contribution < 1.29 is 19.0 Å². The third kappa shape index (κ3) is 4.30. The van der Waals surface area contributed by atoms with E-state index in [1.807, 2.05) is 12.1 Å². The van der Waals surface area contributed by atoms with Crippen LogP contribution in [-0.4, -0.2) is 36.3 Å². The summed E-state index contributed by atoms with van der Waals surface area (Å²) in [5, 5.41) is 0. The number of pyridine rings is 1. The van der Waals surface area contributed by atoms with Gasteiger partial charge in [-0.05, 0) is 53.5 Å². The Balaban J connectivity index is 1.96. The van der Waals surface area contributed by atoms with Crippen molar-refractivity contribution >= 4 is 39.3 Å². The second-order valence-electron chi connectivity index (χ2n) is 7.32. The van der Waals surface area contributed by atoms with Gasteiger partial charge in [0.15, 0.2) is 4.80 Å². The second kappa shape index (κ2) is 9.94. The van der Waals surface area contributed by atoms with Crippen molar-refractivity contribution in [1.82, 2.24) is 9.55 Å². The first-order valence-corrected chi connectivity index (χ1v) is 12.0. The molecule has 0 spiro atoms. The fourth-order valence-corrected chi connectivity index (χ4v) is 5.34. The largest absolute Gasteiger partial charge is 0.496 e. The van der Waals surface area contributed by atoms with Gasteiger partial charge in [0.1, 0.15) is 17.5 Å². The van der Waals surface area contributed by atoms with Crippen LogP contribution in [0.1, 0.15) is 31.0 Å². The monoisotopic (exact) mass is 543 g/mol. The molecule has 0 radical (unpaired) electrons. The van der Waals surface area contributed by atoms with E-state index in [9.17, 15) is 9.59 Å². The van der Waals surface area contributed by atoms with Crippen LogP contribution >= 0.6 is 27.3 Å². The molecule has 0 aliphatic carbocycles. The number of fused-ring (bicyclic) bond motifs is 1. The summed E-state index contributed by atoms with van der Waals surface area (Å²) >= 11 is 4.72. The molecule has 0 amide bonds. The van der Waals surface area contributed by atoms with Gasteiger partial charge in [0, 0.05) is 24.0 Å². The summed E-state index contributed by atoms with van der Waals surface area (Å²) in [6.45, 7) is 3.70. The van der Waals surface area contributed by atoms with E-state index in [1.165, 1.54) is 15.9 Å². The van der Waals surface area contributed by atoms with Crippen LogP contribution < -0.4 is 24.4 Å². The number of allylic oxidation sites excluding steroid dienone is 1. The lowest BCUT2D eigenvalue weighted by Crippen LogP contribution is -2.40. The predicted molar refractivity (Wildman–Crippen MR) is 132 cm³/mol. The van der Waals surface area contributed by atoms with Gasteiger partial charge in [0.05, 0.1) is 41.1 Å². The van der Waals surface area contributed by atoms with Crippen molar-refractivity contribution in [2.45, 2.75) is 19.9 Å². The Morgan fingerprint density at radius 1 is 1.26 bits per heavy atom. The third-order valence-electron chi connectivity index (χ3n) is 5.31. The van der Waals surface area contributed by atoms with Gasteiger partial charge in [-0.1, -0.05) is 17.4 Å². The second-order valence-corrected chi connectivity index (χ2v) is 9.18. The fraction of sp³-hybridized carbons (Fsp3) is 0.250. The molecule has 0 saturated heterocycles. The molecule has 0 saturated carbocycles. The minimum atomic E-state index is -0.698. The van der Waals surface area contributed by atoms with Crippen molar-refractivity contribution in [2.24, 2.45) is 4.99 Å². The van der Waals surface area contributed by atoms with Crippen molar-refractivity contribution in [3.63, 3.8) is 0 Å².